The molecule has 0 amide bonds. The lowest BCUT2D eigenvalue weighted by molar-refractivity contribution is 0.470. The first-order chi connectivity index (χ1) is 9.45. The van der Waals surface area contributed by atoms with Gasteiger partial charge in [-0.2, -0.15) is 0 Å². The first-order valence-electron chi connectivity index (χ1n) is 8.78. The molecule has 0 nitrogen and oxygen atoms in total. The third-order valence-electron chi connectivity index (χ3n) is 4.87. The predicted octanol–water partition coefficient (Wildman–Crippen LogP) is 6.43. The summed E-state index contributed by atoms with van der Waals surface area (Å²) < 4.78 is 0. The smallest absolute Gasteiger partial charge is 0.0234 e. The van der Waals surface area contributed by atoms with Gasteiger partial charge < -0.3 is 0 Å². The van der Waals surface area contributed by atoms with Crippen molar-refractivity contribution in [3.8, 4) is 0 Å². The maximum absolute atomic E-state index is 2.54. The summed E-state index contributed by atoms with van der Waals surface area (Å²) in [5, 5.41) is 0. The van der Waals surface area contributed by atoms with Crippen LogP contribution in [0.5, 0.6) is 0 Å². The summed E-state index contributed by atoms with van der Waals surface area (Å²) in [7, 11) is 0. The van der Waals surface area contributed by atoms with Crippen molar-refractivity contribution in [2.75, 3.05) is 0 Å². The molecule has 2 aliphatic carbocycles. The molecule has 19 heavy (non-hydrogen) atoms. The Bertz CT molecular complexity index is 242. The van der Waals surface area contributed by atoms with Crippen LogP contribution in [0.15, 0.2) is 24.3 Å². The molecule has 0 saturated heterocycles. The van der Waals surface area contributed by atoms with E-state index in [1.807, 2.05) is 0 Å². The topological polar surface area (TPSA) is 0 Å². The monoisotopic (exact) mass is 260 g/mol. The minimum atomic E-state index is 0.876. The average Bonchev–Trinajstić information content (AvgIpc) is 2.46. The van der Waals surface area contributed by atoms with Crippen molar-refractivity contribution in [2.24, 2.45) is 11.8 Å². The molecule has 2 atom stereocenters. The van der Waals surface area contributed by atoms with Gasteiger partial charge in [-0.1, -0.05) is 69.2 Å². The van der Waals surface area contributed by atoms with Gasteiger partial charge in [-0.3, -0.25) is 0 Å². The molecule has 1 saturated carbocycles. The predicted molar refractivity (Wildman–Crippen MR) is 85.3 cm³/mol. The van der Waals surface area contributed by atoms with Crippen LogP contribution in [-0.2, 0) is 0 Å². The van der Waals surface area contributed by atoms with Gasteiger partial charge in [-0.15, -0.1) is 0 Å². The van der Waals surface area contributed by atoms with Gasteiger partial charge in [0.05, 0.1) is 0 Å². The van der Waals surface area contributed by atoms with Gasteiger partial charge in [0.1, 0.15) is 0 Å². The lowest BCUT2D eigenvalue weighted by Gasteiger charge is -2.12. The van der Waals surface area contributed by atoms with E-state index < -0.39 is 0 Å². The number of fused-ring (bicyclic) bond motifs is 6. The Balaban J connectivity index is 2.00. The second-order valence-electron chi connectivity index (χ2n) is 6.58. The molecule has 0 N–H and O–H groups in total. The van der Waals surface area contributed by atoms with E-state index >= 15 is 0 Å². The minimum absolute atomic E-state index is 0.876. The number of hydrogen-bond acceptors (Lipinski definition) is 0. The Hall–Kier alpha value is -0.520. The van der Waals surface area contributed by atoms with Gasteiger partial charge in [0, 0.05) is 0 Å². The highest BCUT2D eigenvalue weighted by atomic mass is 14.1. The summed E-state index contributed by atoms with van der Waals surface area (Å²) in [5.74, 6) is 1.75. The van der Waals surface area contributed by atoms with Crippen LogP contribution in [0.2, 0.25) is 0 Å². The molecule has 0 aliphatic heterocycles. The fourth-order valence-electron chi connectivity index (χ4n) is 3.60. The highest BCUT2D eigenvalue weighted by Gasteiger charge is 2.09. The molecule has 108 valence electrons. The van der Waals surface area contributed by atoms with Gasteiger partial charge in [0.15, 0.2) is 0 Å². The van der Waals surface area contributed by atoms with Gasteiger partial charge in [0.25, 0.3) is 0 Å². The van der Waals surface area contributed by atoms with Crippen LogP contribution in [-0.4, -0.2) is 0 Å². The van der Waals surface area contributed by atoms with Crippen LogP contribution in [0, 0.1) is 11.8 Å². The van der Waals surface area contributed by atoms with E-state index in [9.17, 15) is 0 Å². The molecule has 2 rings (SSSR count). The van der Waals surface area contributed by atoms with E-state index in [0.717, 1.165) is 11.8 Å². The zero-order valence-corrected chi connectivity index (χ0v) is 12.7. The SMILES string of the molecule is C1=CC2CCCCCCC(/C=C/CC1)CCCCC2. The fraction of sp³-hybridized carbons (Fsp3) is 0.789. The second-order valence-corrected chi connectivity index (χ2v) is 6.58. The number of rotatable bonds is 0. The molecule has 0 spiro atoms. The minimum Gasteiger partial charge on any atom is -0.0880 e. The molecular formula is C19H32. The van der Waals surface area contributed by atoms with E-state index in [4.69, 9.17) is 0 Å². The lowest BCUT2D eigenvalue weighted by Crippen LogP contribution is -1.97. The van der Waals surface area contributed by atoms with E-state index in [0.29, 0.717) is 0 Å². The molecule has 1 fully saturated rings. The van der Waals surface area contributed by atoms with Crippen molar-refractivity contribution in [3.63, 3.8) is 0 Å². The van der Waals surface area contributed by atoms with Gasteiger partial charge in [-0.25, -0.2) is 0 Å². The number of hydrogen-bond donors (Lipinski definition) is 0. The van der Waals surface area contributed by atoms with Crippen molar-refractivity contribution in [3.05, 3.63) is 24.3 Å². The summed E-state index contributed by atoms with van der Waals surface area (Å²) in [5.41, 5.74) is 0. The summed E-state index contributed by atoms with van der Waals surface area (Å²) >= 11 is 0. The van der Waals surface area contributed by atoms with Crippen LogP contribution in [0.3, 0.4) is 0 Å². The van der Waals surface area contributed by atoms with Crippen molar-refractivity contribution < 1.29 is 0 Å². The average molecular weight is 260 g/mol. The van der Waals surface area contributed by atoms with E-state index in [1.54, 1.807) is 0 Å². The summed E-state index contributed by atoms with van der Waals surface area (Å²) in [6, 6.07) is 0. The van der Waals surface area contributed by atoms with E-state index in [2.05, 4.69) is 24.3 Å². The summed E-state index contributed by atoms with van der Waals surface area (Å²) in [6.45, 7) is 0. The first kappa shape index (κ1) is 14.9. The Labute approximate surface area is 120 Å². The van der Waals surface area contributed by atoms with E-state index in [1.165, 1.54) is 83.5 Å². The molecule has 2 aliphatic rings. The van der Waals surface area contributed by atoms with Crippen LogP contribution >= 0.6 is 0 Å². The molecule has 0 heteroatoms. The quantitative estimate of drug-likeness (QED) is 0.440. The molecule has 0 heterocycles. The van der Waals surface area contributed by atoms with Gasteiger partial charge >= 0.3 is 0 Å². The fourth-order valence-corrected chi connectivity index (χ4v) is 3.60. The summed E-state index contributed by atoms with van der Waals surface area (Å²) in [6.07, 6.45) is 28.4. The Morgan fingerprint density at radius 1 is 0.474 bits per heavy atom. The molecule has 0 aromatic heterocycles. The molecule has 0 aromatic rings. The largest absolute Gasteiger partial charge is 0.0880 e. The number of allylic oxidation sites excluding steroid dienone is 4. The zero-order valence-electron chi connectivity index (χ0n) is 12.7. The molecule has 0 aromatic carbocycles. The molecule has 0 radical (unpaired) electrons. The Morgan fingerprint density at radius 3 is 1.26 bits per heavy atom. The highest BCUT2D eigenvalue weighted by molar-refractivity contribution is 4.94. The zero-order chi connectivity index (χ0) is 13.2. The third kappa shape index (κ3) is 6.45. The van der Waals surface area contributed by atoms with E-state index in [-0.39, 0.29) is 0 Å². The van der Waals surface area contributed by atoms with Crippen molar-refractivity contribution in [1.29, 1.82) is 0 Å². The Morgan fingerprint density at radius 2 is 0.842 bits per heavy atom. The van der Waals surface area contributed by atoms with Crippen molar-refractivity contribution in [2.45, 2.75) is 83.5 Å². The highest BCUT2D eigenvalue weighted by Crippen LogP contribution is 2.25. The van der Waals surface area contributed by atoms with Gasteiger partial charge in [0.2, 0.25) is 0 Å². The molecular weight excluding hydrogens is 228 g/mol. The molecule has 2 unspecified atom stereocenters. The molecule has 2 bridgehead atoms. The van der Waals surface area contributed by atoms with Crippen LogP contribution in [0.4, 0.5) is 0 Å². The summed E-state index contributed by atoms with van der Waals surface area (Å²) in [4.78, 5) is 0. The van der Waals surface area contributed by atoms with Gasteiger partial charge in [-0.05, 0) is 50.4 Å². The third-order valence-corrected chi connectivity index (χ3v) is 4.87. The van der Waals surface area contributed by atoms with Crippen LogP contribution < -0.4 is 0 Å². The second kappa shape index (κ2) is 9.39. The first-order valence-corrected chi connectivity index (χ1v) is 8.78. The normalized spacial score (nSPS) is 32.8. The standard InChI is InChI=1S/C19H32/c1-2-7-13-19-15-9-4-3-8-14-18(12-6-1)16-10-5-11-17-19/h6-7,12-13,18-19H,1-5,8-11,14-17H2/b12-6+,13-7?. The van der Waals surface area contributed by atoms with Crippen molar-refractivity contribution in [1.82, 2.24) is 0 Å². The Kier molecular flexibility index (Phi) is 7.36. The van der Waals surface area contributed by atoms with Crippen LogP contribution in [0.25, 0.3) is 0 Å². The maximum Gasteiger partial charge on any atom is -0.0234 e. The maximum atomic E-state index is 2.54. The van der Waals surface area contributed by atoms with Crippen molar-refractivity contribution >= 4 is 0 Å². The van der Waals surface area contributed by atoms with Crippen LogP contribution in [0.1, 0.15) is 83.5 Å². The lowest BCUT2D eigenvalue weighted by atomic mass is 9.94.